The Bertz CT molecular complexity index is 604. The van der Waals surface area contributed by atoms with Crippen molar-refractivity contribution < 1.29 is 14.3 Å². The molecule has 2 rings (SSSR count). The number of esters is 1. The highest BCUT2D eigenvalue weighted by molar-refractivity contribution is 6.01. The molecule has 0 aliphatic heterocycles. The second-order valence-corrected chi connectivity index (χ2v) is 4.50. The summed E-state index contributed by atoms with van der Waals surface area (Å²) in [5.41, 5.74) is 1.47. The fraction of sp³-hybridized carbons (Fsp3) is 0.400. The van der Waals surface area contributed by atoms with E-state index in [-0.39, 0.29) is 5.97 Å². The van der Waals surface area contributed by atoms with Crippen LogP contribution >= 0.6 is 0 Å². The first-order valence-corrected chi connectivity index (χ1v) is 6.62. The molecule has 20 heavy (non-hydrogen) atoms. The van der Waals surface area contributed by atoms with E-state index in [4.69, 9.17) is 9.47 Å². The molecule has 5 heteroatoms. The van der Waals surface area contributed by atoms with Crippen LogP contribution in [0.3, 0.4) is 0 Å². The molecule has 0 amide bonds. The van der Waals surface area contributed by atoms with Gasteiger partial charge in [-0.15, -0.1) is 0 Å². The summed E-state index contributed by atoms with van der Waals surface area (Å²) in [6.07, 6.45) is 0.919. The quantitative estimate of drug-likeness (QED) is 0.648. The summed E-state index contributed by atoms with van der Waals surface area (Å²) in [5, 5.41) is 4.04. The van der Waals surface area contributed by atoms with E-state index in [0.29, 0.717) is 11.4 Å². The molecule has 0 saturated heterocycles. The van der Waals surface area contributed by atoms with Gasteiger partial charge in [0.2, 0.25) is 0 Å². The number of aromatic nitrogens is 1. The van der Waals surface area contributed by atoms with Crippen molar-refractivity contribution in [2.75, 3.05) is 27.8 Å². The number of carbonyl (C=O) groups excluding carboxylic acids is 1. The van der Waals surface area contributed by atoms with Crippen LogP contribution in [0.2, 0.25) is 0 Å². The van der Waals surface area contributed by atoms with Crippen LogP contribution < -0.4 is 10.1 Å². The maximum atomic E-state index is 12.1. The van der Waals surface area contributed by atoms with Crippen molar-refractivity contribution in [2.45, 2.75) is 13.0 Å². The summed E-state index contributed by atoms with van der Waals surface area (Å²) in [5.74, 6) is 0.208. The number of carbonyl (C=O) groups is 1. The number of rotatable bonds is 6. The molecule has 108 valence electrons. The summed E-state index contributed by atoms with van der Waals surface area (Å²) < 4.78 is 12.3. The number of aryl methyl sites for hydroxylation is 1. The van der Waals surface area contributed by atoms with Crippen molar-refractivity contribution >= 4 is 16.9 Å². The molecule has 0 saturated carbocycles. The Kier molecular flexibility index (Phi) is 4.63. The normalized spacial score (nSPS) is 10.8. The van der Waals surface area contributed by atoms with Crippen molar-refractivity contribution in [2.24, 2.45) is 0 Å². The molecule has 0 atom stereocenters. The Balaban J connectivity index is 2.58. The molecule has 1 aromatic heterocycles. The third kappa shape index (κ3) is 2.49. The van der Waals surface area contributed by atoms with Gasteiger partial charge in [0.05, 0.1) is 19.7 Å². The van der Waals surface area contributed by atoms with E-state index in [1.54, 1.807) is 7.11 Å². The lowest BCUT2D eigenvalue weighted by Crippen LogP contribution is -2.15. The van der Waals surface area contributed by atoms with E-state index in [9.17, 15) is 4.79 Å². The van der Waals surface area contributed by atoms with E-state index in [1.807, 2.05) is 35.9 Å². The number of hydrogen-bond acceptors (Lipinski definition) is 4. The second kappa shape index (κ2) is 6.43. The van der Waals surface area contributed by atoms with Crippen molar-refractivity contribution in [3.05, 3.63) is 30.0 Å². The minimum atomic E-state index is -0.373. The maximum Gasteiger partial charge on any atom is 0.358 e. The summed E-state index contributed by atoms with van der Waals surface area (Å²) in [7, 11) is 4.87. The zero-order valence-corrected chi connectivity index (χ0v) is 12.1. The molecule has 0 aliphatic rings. The average Bonchev–Trinajstić information content (AvgIpc) is 2.81. The monoisotopic (exact) mass is 276 g/mol. The molecule has 2 aromatic rings. The molecule has 0 aliphatic carbocycles. The third-order valence-corrected chi connectivity index (χ3v) is 3.32. The first-order valence-electron chi connectivity index (χ1n) is 6.62. The lowest BCUT2D eigenvalue weighted by molar-refractivity contribution is 0.0585. The van der Waals surface area contributed by atoms with Crippen molar-refractivity contribution in [1.82, 2.24) is 9.88 Å². The Morgan fingerprint density at radius 2 is 2.05 bits per heavy atom. The number of methoxy groups -OCH3 is 2. The van der Waals surface area contributed by atoms with Crippen LogP contribution in [-0.2, 0) is 11.3 Å². The van der Waals surface area contributed by atoms with Crippen LogP contribution in [-0.4, -0.2) is 38.3 Å². The van der Waals surface area contributed by atoms with Crippen LogP contribution in [0, 0.1) is 0 Å². The number of para-hydroxylation sites is 1. The summed E-state index contributed by atoms with van der Waals surface area (Å²) in [6.45, 7) is 1.62. The highest BCUT2D eigenvalue weighted by Gasteiger charge is 2.23. The van der Waals surface area contributed by atoms with E-state index < -0.39 is 0 Å². The zero-order valence-electron chi connectivity index (χ0n) is 12.1. The molecule has 5 nitrogen and oxygen atoms in total. The summed E-state index contributed by atoms with van der Waals surface area (Å²) in [6, 6.07) is 7.83. The number of nitrogens with zero attached hydrogens (tertiary/aromatic N) is 1. The first-order chi connectivity index (χ1) is 9.74. The summed E-state index contributed by atoms with van der Waals surface area (Å²) in [4.78, 5) is 12.1. The van der Waals surface area contributed by atoms with Gasteiger partial charge in [-0.05, 0) is 32.1 Å². The second-order valence-electron chi connectivity index (χ2n) is 4.50. The van der Waals surface area contributed by atoms with Gasteiger partial charge < -0.3 is 19.4 Å². The Morgan fingerprint density at radius 3 is 2.70 bits per heavy atom. The Hall–Kier alpha value is -2.01. The van der Waals surface area contributed by atoms with Gasteiger partial charge in [0.25, 0.3) is 0 Å². The molecule has 0 radical (unpaired) electrons. The standard InChI is InChI=1S/C15H20N2O3/c1-16-9-6-10-17-12-8-5-4-7-11(12)14(19-2)13(17)15(18)20-3/h4-5,7-8,16H,6,9-10H2,1-3H3. The van der Waals surface area contributed by atoms with Crippen LogP contribution in [0.5, 0.6) is 5.75 Å². The zero-order chi connectivity index (χ0) is 14.5. The van der Waals surface area contributed by atoms with Crippen molar-refractivity contribution in [1.29, 1.82) is 0 Å². The first kappa shape index (κ1) is 14.4. The smallest absolute Gasteiger partial charge is 0.358 e. The van der Waals surface area contributed by atoms with Crippen molar-refractivity contribution in [3.63, 3.8) is 0 Å². The number of fused-ring (bicyclic) bond motifs is 1. The fourth-order valence-corrected chi connectivity index (χ4v) is 2.42. The van der Waals surface area contributed by atoms with E-state index in [1.165, 1.54) is 7.11 Å². The average molecular weight is 276 g/mol. The van der Waals surface area contributed by atoms with Crippen molar-refractivity contribution in [3.8, 4) is 5.75 Å². The molecule has 0 spiro atoms. The van der Waals surface area contributed by atoms with Gasteiger partial charge in [-0.2, -0.15) is 0 Å². The lowest BCUT2D eigenvalue weighted by Gasteiger charge is -2.09. The van der Waals surface area contributed by atoms with Gasteiger partial charge in [-0.1, -0.05) is 12.1 Å². The maximum absolute atomic E-state index is 12.1. The van der Waals surface area contributed by atoms with E-state index in [0.717, 1.165) is 30.4 Å². The molecule has 1 N–H and O–H groups in total. The predicted molar refractivity (Wildman–Crippen MR) is 78.4 cm³/mol. The number of benzene rings is 1. The van der Waals surface area contributed by atoms with E-state index in [2.05, 4.69) is 5.32 Å². The van der Waals surface area contributed by atoms with Gasteiger partial charge in [-0.3, -0.25) is 0 Å². The summed E-state index contributed by atoms with van der Waals surface area (Å²) >= 11 is 0. The van der Waals surface area contributed by atoms with Crippen LogP contribution in [0.1, 0.15) is 16.9 Å². The number of nitrogens with one attached hydrogen (secondary N) is 1. The Labute approximate surface area is 118 Å². The topological polar surface area (TPSA) is 52.5 Å². The van der Waals surface area contributed by atoms with Gasteiger partial charge in [0.1, 0.15) is 0 Å². The molecule has 1 heterocycles. The predicted octanol–water partition coefficient (Wildman–Crippen LogP) is 2.05. The highest BCUT2D eigenvalue weighted by Crippen LogP contribution is 2.33. The SMILES string of the molecule is CNCCCn1c(C(=O)OC)c(OC)c2ccccc21. The van der Waals surface area contributed by atoms with Gasteiger partial charge in [0, 0.05) is 11.9 Å². The minimum Gasteiger partial charge on any atom is -0.494 e. The largest absolute Gasteiger partial charge is 0.494 e. The molecular formula is C15H20N2O3. The van der Waals surface area contributed by atoms with Crippen LogP contribution in [0.4, 0.5) is 0 Å². The molecule has 0 bridgehead atoms. The van der Waals surface area contributed by atoms with Crippen LogP contribution in [0.15, 0.2) is 24.3 Å². The Morgan fingerprint density at radius 1 is 1.30 bits per heavy atom. The van der Waals surface area contributed by atoms with Gasteiger partial charge >= 0.3 is 5.97 Å². The highest BCUT2D eigenvalue weighted by atomic mass is 16.5. The van der Waals surface area contributed by atoms with E-state index >= 15 is 0 Å². The van der Waals surface area contributed by atoms with Gasteiger partial charge in [-0.25, -0.2) is 4.79 Å². The molecule has 0 unspecified atom stereocenters. The van der Waals surface area contributed by atoms with Crippen LogP contribution in [0.25, 0.3) is 10.9 Å². The number of ether oxygens (including phenoxy) is 2. The molecular weight excluding hydrogens is 256 g/mol. The minimum absolute atomic E-state index is 0.373. The number of hydrogen-bond donors (Lipinski definition) is 1. The van der Waals surface area contributed by atoms with Gasteiger partial charge in [0.15, 0.2) is 11.4 Å². The molecule has 1 aromatic carbocycles. The third-order valence-electron chi connectivity index (χ3n) is 3.32. The fourth-order valence-electron chi connectivity index (χ4n) is 2.42. The molecule has 0 fully saturated rings. The lowest BCUT2D eigenvalue weighted by atomic mass is 10.2.